The average molecular weight is 426 g/mol. The van der Waals surface area contributed by atoms with Crippen molar-refractivity contribution in [2.75, 3.05) is 13.9 Å². The van der Waals surface area contributed by atoms with Crippen molar-refractivity contribution in [2.45, 2.75) is 66.2 Å². The molecule has 0 saturated carbocycles. The summed E-state index contributed by atoms with van der Waals surface area (Å²) in [6.07, 6.45) is 5.15. The number of unbranched alkanes of at least 4 members (excludes halogenated alkanes) is 4. The number of hydrogen-bond acceptors (Lipinski definition) is 5. The third-order valence-corrected chi connectivity index (χ3v) is 4.73. The fourth-order valence-electron chi connectivity index (χ4n) is 3.05. The molecule has 1 aromatic carbocycles. The quantitative estimate of drug-likeness (QED) is 0.257. The Bertz CT molecular complexity index is 795. The first-order chi connectivity index (χ1) is 14.0. The van der Waals surface area contributed by atoms with Crippen LogP contribution in [0.2, 0.25) is 5.02 Å². The second-order valence-corrected chi connectivity index (χ2v) is 6.75. The van der Waals surface area contributed by atoms with Crippen LogP contribution in [0.1, 0.15) is 64.1 Å². The van der Waals surface area contributed by atoms with Gasteiger partial charge >= 0.3 is 6.16 Å². The molecule has 0 aliphatic heterocycles. The van der Waals surface area contributed by atoms with Crippen molar-refractivity contribution >= 4 is 28.7 Å². The van der Waals surface area contributed by atoms with E-state index in [1.165, 1.54) is 19.3 Å². The maximum Gasteiger partial charge on any atom is 0.508 e. The third kappa shape index (κ3) is 7.28. The number of aromatic nitrogens is 1. The van der Waals surface area contributed by atoms with Gasteiger partial charge in [-0.1, -0.05) is 58.1 Å². The predicted molar refractivity (Wildman–Crippen MR) is 116 cm³/mol. The highest BCUT2D eigenvalue weighted by Gasteiger charge is 2.17. The van der Waals surface area contributed by atoms with E-state index in [4.69, 9.17) is 26.2 Å². The largest absolute Gasteiger partial charge is 0.508 e. The van der Waals surface area contributed by atoms with Crippen LogP contribution >= 0.6 is 11.6 Å². The van der Waals surface area contributed by atoms with Crippen molar-refractivity contribution in [1.82, 2.24) is 4.98 Å². The molecule has 2 aromatic rings. The molecule has 1 aromatic heterocycles. The molecule has 0 radical (unpaired) electrons. The summed E-state index contributed by atoms with van der Waals surface area (Å²) in [6, 6.07) is 3.49. The van der Waals surface area contributed by atoms with Gasteiger partial charge in [-0.3, -0.25) is 4.98 Å². The summed E-state index contributed by atoms with van der Waals surface area (Å²) in [5.41, 5.74) is 2.47. The molecule has 6 nitrogen and oxygen atoms in total. The van der Waals surface area contributed by atoms with E-state index in [2.05, 4.69) is 16.6 Å². The highest BCUT2D eigenvalue weighted by Crippen LogP contribution is 2.37. The van der Waals surface area contributed by atoms with E-state index in [0.717, 1.165) is 30.5 Å². The lowest BCUT2D eigenvalue weighted by Gasteiger charge is -2.17. The normalized spacial score (nSPS) is 10.3. The molecule has 0 spiro atoms. The smallest absolute Gasteiger partial charge is 0.495 e. The Hall–Kier alpha value is -2.21. The summed E-state index contributed by atoms with van der Waals surface area (Å²) in [6.45, 7) is 7.72. The third-order valence-electron chi connectivity index (χ3n) is 4.43. The van der Waals surface area contributed by atoms with Crippen LogP contribution < -0.4 is 9.47 Å². The number of benzene rings is 1. The maximum absolute atomic E-state index is 10.7. The molecule has 1 heterocycles. The first kappa shape index (κ1) is 24.8. The molecule has 29 heavy (non-hydrogen) atoms. The molecule has 0 aliphatic carbocycles. The summed E-state index contributed by atoms with van der Waals surface area (Å²) in [7, 11) is 1.54. The van der Waals surface area contributed by atoms with Crippen LogP contribution in [0.5, 0.6) is 11.5 Å². The van der Waals surface area contributed by atoms with Crippen LogP contribution in [-0.2, 0) is 11.2 Å². The molecule has 1 N–H and O–H groups in total. The number of aryl methyl sites for hydroxylation is 1. The number of methoxy groups -OCH3 is 1. The fraction of sp³-hybridized carbons (Fsp3) is 0.545. The zero-order valence-corrected chi connectivity index (χ0v) is 18.8. The molecule has 0 aliphatic rings. The van der Waals surface area contributed by atoms with E-state index in [0.29, 0.717) is 27.4 Å². The maximum atomic E-state index is 10.7. The number of pyridine rings is 1. The number of carbonyl (C=O) groups is 1. The van der Waals surface area contributed by atoms with Gasteiger partial charge in [0.15, 0.2) is 0 Å². The van der Waals surface area contributed by atoms with Crippen molar-refractivity contribution in [3.63, 3.8) is 0 Å². The van der Waals surface area contributed by atoms with Crippen molar-refractivity contribution < 1.29 is 24.1 Å². The Balaban J connectivity index is 0.00000204. The summed E-state index contributed by atoms with van der Waals surface area (Å²) in [4.78, 5) is 15.3. The van der Waals surface area contributed by atoms with Crippen molar-refractivity contribution in [1.29, 1.82) is 0 Å². The molecule has 7 heteroatoms. The second-order valence-electron chi connectivity index (χ2n) is 6.35. The van der Waals surface area contributed by atoms with Gasteiger partial charge in [-0.05, 0) is 25.8 Å². The highest BCUT2D eigenvalue weighted by atomic mass is 35.5. The number of rotatable bonds is 10. The van der Waals surface area contributed by atoms with Crippen molar-refractivity contribution in [3.8, 4) is 11.5 Å². The first-order valence-electron chi connectivity index (χ1n) is 10.1. The summed E-state index contributed by atoms with van der Waals surface area (Å²) in [5.74, 6) is 1.09. The van der Waals surface area contributed by atoms with Gasteiger partial charge in [0.05, 0.1) is 17.6 Å². The fourth-order valence-corrected chi connectivity index (χ4v) is 3.29. The Morgan fingerprint density at radius 1 is 1.17 bits per heavy atom. The monoisotopic (exact) mass is 425 g/mol. The molecule has 0 fully saturated rings. The Morgan fingerprint density at radius 3 is 2.48 bits per heavy atom. The minimum atomic E-state index is -1.38. The van der Waals surface area contributed by atoms with Gasteiger partial charge in [-0.2, -0.15) is 0 Å². The van der Waals surface area contributed by atoms with Crippen molar-refractivity contribution in [3.05, 3.63) is 28.4 Å². The molecule has 0 bridgehead atoms. The minimum absolute atomic E-state index is 0.389. The SMILES string of the molecule is CC.CCCCCCCc1c(C)nc2cc(OC)c(Cl)cc2c1OCOC(=O)O. The Labute approximate surface area is 178 Å². The molecule has 0 atom stereocenters. The minimum Gasteiger partial charge on any atom is -0.495 e. The van der Waals surface area contributed by atoms with Gasteiger partial charge in [-0.15, -0.1) is 0 Å². The molecule has 0 unspecified atom stereocenters. The van der Waals surface area contributed by atoms with E-state index in [1.54, 1.807) is 19.2 Å². The number of nitrogens with zero attached hydrogens (tertiary/aromatic N) is 1. The van der Waals surface area contributed by atoms with Crippen molar-refractivity contribution in [2.24, 2.45) is 0 Å². The van der Waals surface area contributed by atoms with E-state index in [-0.39, 0.29) is 6.79 Å². The Kier molecular flexibility index (Phi) is 11.2. The van der Waals surface area contributed by atoms with Crippen LogP contribution in [0.25, 0.3) is 10.9 Å². The van der Waals surface area contributed by atoms with E-state index in [1.807, 2.05) is 20.8 Å². The lowest BCUT2D eigenvalue weighted by Crippen LogP contribution is -2.10. The lowest BCUT2D eigenvalue weighted by molar-refractivity contribution is 0.0262. The lowest BCUT2D eigenvalue weighted by atomic mass is 10.0. The standard InChI is InChI=1S/C20H26ClNO5.C2H6/c1-4-5-6-7-8-9-14-13(2)22-17-11-18(25-3)16(21)10-15(17)19(14)26-12-27-20(23)24;1-2/h10-11H,4-9,12H2,1-3H3,(H,23,24);1-2H3. The molecule has 0 saturated heterocycles. The predicted octanol–water partition coefficient (Wildman–Crippen LogP) is 6.78. The summed E-state index contributed by atoms with van der Waals surface area (Å²) in [5, 5.41) is 9.86. The number of fused-ring (bicyclic) bond motifs is 1. The summed E-state index contributed by atoms with van der Waals surface area (Å²) >= 11 is 6.28. The van der Waals surface area contributed by atoms with Gasteiger partial charge in [-0.25, -0.2) is 4.79 Å². The van der Waals surface area contributed by atoms with Crippen LogP contribution in [-0.4, -0.2) is 30.1 Å². The van der Waals surface area contributed by atoms with Gasteiger partial charge < -0.3 is 19.3 Å². The molecular weight excluding hydrogens is 394 g/mol. The van der Waals surface area contributed by atoms with Gasteiger partial charge in [0.2, 0.25) is 6.79 Å². The summed E-state index contributed by atoms with van der Waals surface area (Å²) < 4.78 is 15.5. The van der Waals surface area contributed by atoms with Gasteiger partial charge in [0, 0.05) is 22.7 Å². The zero-order valence-electron chi connectivity index (χ0n) is 18.0. The zero-order chi connectivity index (χ0) is 21.8. The van der Waals surface area contributed by atoms with Crippen LogP contribution in [0.15, 0.2) is 12.1 Å². The number of halogens is 1. The van der Waals surface area contributed by atoms with Crippen LogP contribution in [0, 0.1) is 6.92 Å². The highest BCUT2D eigenvalue weighted by molar-refractivity contribution is 6.33. The molecular formula is C22H32ClNO5. The number of carboxylic acid groups (broad SMARTS) is 1. The topological polar surface area (TPSA) is 77.9 Å². The molecule has 2 rings (SSSR count). The number of ether oxygens (including phenoxy) is 3. The average Bonchev–Trinajstić information content (AvgIpc) is 2.70. The molecule has 0 amide bonds. The first-order valence-corrected chi connectivity index (χ1v) is 10.5. The van der Waals surface area contributed by atoms with E-state index < -0.39 is 6.16 Å². The Morgan fingerprint density at radius 2 is 1.86 bits per heavy atom. The molecule has 162 valence electrons. The van der Waals surface area contributed by atoms with Gasteiger partial charge in [0.25, 0.3) is 0 Å². The number of hydrogen-bond donors (Lipinski definition) is 1. The van der Waals surface area contributed by atoms with Gasteiger partial charge in [0.1, 0.15) is 11.5 Å². The second kappa shape index (κ2) is 13.1. The van der Waals surface area contributed by atoms with E-state index >= 15 is 0 Å². The van der Waals surface area contributed by atoms with E-state index in [9.17, 15) is 4.79 Å². The van der Waals surface area contributed by atoms with Crippen LogP contribution in [0.4, 0.5) is 4.79 Å². The van der Waals surface area contributed by atoms with Crippen LogP contribution in [0.3, 0.4) is 0 Å².